The highest BCUT2D eigenvalue weighted by atomic mass is 19.1. The van der Waals surface area contributed by atoms with Gasteiger partial charge in [-0.15, -0.1) is 0 Å². The normalized spacial score (nSPS) is 20.7. The van der Waals surface area contributed by atoms with Crippen LogP contribution in [0.25, 0.3) is 22.6 Å². The molecular formula is C22H24FN7O2. The van der Waals surface area contributed by atoms with Crippen LogP contribution in [-0.4, -0.2) is 56.9 Å². The maximum Gasteiger partial charge on any atom is 0.247 e. The highest BCUT2D eigenvalue weighted by molar-refractivity contribution is 6.01. The minimum atomic E-state index is -0.450. The fraction of sp³-hybridized carbons (Fsp3) is 0.409. The van der Waals surface area contributed by atoms with E-state index in [1.807, 2.05) is 6.92 Å². The molecule has 10 heteroatoms. The number of nitrogens with zero attached hydrogens (tertiary/aromatic N) is 5. The molecule has 2 N–H and O–H groups in total. The van der Waals surface area contributed by atoms with Crippen LogP contribution in [0.5, 0.6) is 0 Å². The molecule has 2 aliphatic rings. The largest absolute Gasteiger partial charge is 0.381 e. The number of carbonyl (C=O) groups is 1. The Hall–Kier alpha value is -3.40. The number of nitrogens with one attached hydrogen (secondary N) is 2. The molecule has 9 nitrogen and oxygen atoms in total. The number of halogens is 1. The molecule has 3 aromatic rings. The van der Waals surface area contributed by atoms with E-state index in [0.717, 1.165) is 31.2 Å². The Balaban J connectivity index is 1.51. The lowest BCUT2D eigenvalue weighted by Crippen LogP contribution is -2.49. The Morgan fingerprint density at radius 1 is 1.16 bits per heavy atom. The van der Waals surface area contributed by atoms with Crippen LogP contribution in [0.3, 0.4) is 0 Å². The SMILES string of the molecule is CO[C@H]1CC[C@@H](N2C(=O)CNc3ncc(-c4cc(F)c(-c5nc[nH]n5)cc4C)nc32)CC1. The number of H-pyrrole nitrogens is 1. The number of aryl methyl sites for hydroxylation is 1. The maximum atomic E-state index is 14.9. The van der Waals surface area contributed by atoms with Gasteiger partial charge in [0, 0.05) is 18.7 Å². The van der Waals surface area contributed by atoms with Gasteiger partial charge in [0.25, 0.3) is 0 Å². The summed E-state index contributed by atoms with van der Waals surface area (Å²) >= 11 is 0. The van der Waals surface area contributed by atoms with Crippen LogP contribution in [0.2, 0.25) is 0 Å². The zero-order valence-electron chi connectivity index (χ0n) is 17.9. The third kappa shape index (κ3) is 3.60. The van der Waals surface area contributed by atoms with Crippen LogP contribution >= 0.6 is 0 Å². The Bertz CT molecular complexity index is 1140. The molecule has 0 saturated heterocycles. The maximum absolute atomic E-state index is 14.9. The molecule has 1 saturated carbocycles. The average Bonchev–Trinajstić information content (AvgIpc) is 3.35. The summed E-state index contributed by atoms with van der Waals surface area (Å²) in [5, 5.41) is 9.61. The Morgan fingerprint density at radius 2 is 1.97 bits per heavy atom. The highest BCUT2D eigenvalue weighted by Crippen LogP contribution is 2.36. The molecule has 0 atom stereocenters. The summed E-state index contributed by atoms with van der Waals surface area (Å²) in [7, 11) is 1.73. The number of aromatic amines is 1. The van der Waals surface area contributed by atoms with Crippen LogP contribution < -0.4 is 10.2 Å². The van der Waals surface area contributed by atoms with Gasteiger partial charge in [0.2, 0.25) is 5.91 Å². The summed E-state index contributed by atoms with van der Waals surface area (Å²) in [6.45, 7) is 2.06. The molecular weight excluding hydrogens is 413 g/mol. The Morgan fingerprint density at radius 3 is 2.69 bits per heavy atom. The van der Waals surface area contributed by atoms with Crippen molar-refractivity contribution < 1.29 is 13.9 Å². The molecule has 0 bridgehead atoms. The van der Waals surface area contributed by atoms with Crippen LogP contribution in [0.4, 0.5) is 16.0 Å². The molecule has 3 heterocycles. The van der Waals surface area contributed by atoms with Crippen molar-refractivity contribution >= 4 is 17.5 Å². The number of methoxy groups -OCH3 is 1. The zero-order chi connectivity index (χ0) is 22.2. The number of hydrogen-bond donors (Lipinski definition) is 2. The molecule has 1 fully saturated rings. The van der Waals surface area contributed by atoms with Crippen molar-refractivity contribution in [3.05, 3.63) is 36.0 Å². The van der Waals surface area contributed by atoms with Gasteiger partial charge in [0.1, 0.15) is 12.1 Å². The van der Waals surface area contributed by atoms with Crippen molar-refractivity contribution in [1.29, 1.82) is 0 Å². The molecule has 32 heavy (non-hydrogen) atoms. The van der Waals surface area contributed by atoms with Crippen LogP contribution in [0.15, 0.2) is 24.7 Å². The number of benzene rings is 1. The predicted octanol–water partition coefficient (Wildman–Crippen LogP) is 3.09. The fourth-order valence-electron chi connectivity index (χ4n) is 4.55. The number of rotatable bonds is 4. The summed E-state index contributed by atoms with van der Waals surface area (Å²) in [6.07, 6.45) is 6.72. The lowest BCUT2D eigenvalue weighted by molar-refractivity contribution is -0.118. The van der Waals surface area contributed by atoms with Gasteiger partial charge in [-0.25, -0.2) is 19.3 Å². The van der Waals surface area contributed by atoms with Crippen LogP contribution in [-0.2, 0) is 9.53 Å². The topological polar surface area (TPSA) is 109 Å². The molecule has 2 aromatic heterocycles. The van der Waals surface area contributed by atoms with E-state index >= 15 is 0 Å². The second-order valence-electron chi connectivity index (χ2n) is 8.18. The monoisotopic (exact) mass is 437 g/mol. The fourth-order valence-corrected chi connectivity index (χ4v) is 4.55. The molecule has 1 aromatic carbocycles. The molecule has 1 aliphatic heterocycles. The molecule has 0 radical (unpaired) electrons. The van der Waals surface area contributed by atoms with Gasteiger partial charge in [-0.2, -0.15) is 5.10 Å². The van der Waals surface area contributed by atoms with E-state index in [-0.39, 0.29) is 24.6 Å². The van der Waals surface area contributed by atoms with Gasteiger partial charge in [0.05, 0.1) is 30.1 Å². The quantitative estimate of drug-likeness (QED) is 0.646. The molecule has 166 valence electrons. The third-order valence-electron chi connectivity index (χ3n) is 6.25. The van der Waals surface area contributed by atoms with Gasteiger partial charge in [0.15, 0.2) is 17.5 Å². The second-order valence-corrected chi connectivity index (χ2v) is 8.18. The summed E-state index contributed by atoms with van der Waals surface area (Å²) in [5.41, 5.74) is 2.24. The number of anilines is 2. The van der Waals surface area contributed by atoms with Gasteiger partial charge in [-0.1, -0.05) is 0 Å². The average molecular weight is 437 g/mol. The van der Waals surface area contributed by atoms with Crippen molar-refractivity contribution in [1.82, 2.24) is 25.1 Å². The first-order valence-corrected chi connectivity index (χ1v) is 10.7. The summed E-state index contributed by atoms with van der Waals surface area (Å²) in [5.74, 6) is 0.873. The Kier molecular flexibility index (Phi) is 5.30. The number of ether oxygens (including phenoxy) is 1. The molecule has 0 spiro atoms. The number of amides is 1. The molecule has 1 amide bonds. The smallest absolute Gasteiger partial charge is 0.247 e. The number of carbonyl (C=O) groups excluding carboxylic acids is 1. The minimum Gasteiger partial charge on any atom is -0.381 e. The van der Waals surface area contributed by atoms with E-state index in [0.29, 0.717) is 34.3 Å². The van der Waals surface area contributed by atoms with E-state index < -0.39 is 5.82 Å². The third-order valence-corrected chi connectivity index (χ3v) is 6.25. The molecule has 5 rings (SSSR count). The van der Waals surface area contributed by atoms with E-state index in [2.05, 4.69) is 25.5 Å². The summed E-state index contributed by atoms with van der Waals surface area (Å²) in [4.78, 5) is 27.9. The first-order chi connectivity index (χ1) is 15.5. The van der Waals surface area contributed by atoms with Gasteiger partial charge >= 0.3 is 0 Å². The van der Waals surface area contributed by atoms with Crippen molar-refractivity contribution in [2.45, 2.75) is 44.8 Å². The zero-order valence-corrected chi connectivity index (χ0v) is 17.9. The van der Waals surface area contributed by atoms with Gasteiger partial charge < -0.3 is 10.1 Å². The first-order valence-electron chi connectivity index (χ1n) is 10.7. The van der Waals surface area contributed by atoms with Gasteiger partial charge in [-0.3, -0.25) is 14.8 Å². The minimum absolute atomic E-state index is 0.0346. The Labute approximate surface area is 184 Å². The first kappa shape index (κ1) is 20.5. The van der Waals surface area contributed by atoms with E-state index in [1.54, 1.807) is 24.3 Å². The van der Waals surface area contributed by atoms with Crippen molar-refractivity contribution in [2.75, 3.05) is 23.9 Å². The van der Waals surface area contributed by atoms with E-state index in [4.69, 9.17) is 9.72 Å². The van der Waals surface area contributed by atoms with Crippen LogP contribution in [0.1, 0.15) is 31.2 Å². The second kappa shape index (κ2) is 8.27. The lowest BCUT2D eigenvalue weighted by Gasteiger charge is -2.38. The van der Waals surface area contributed by atoms with E-state index in [1.165, 1.54) is 12.4 Å². The van der Waals surface area contributed by atoms with Gasteiger partial charge in [-0.05, 0) is 50.3 Å². The number of fused-ring (bicyclic) bond motifs is 1. The number of aromatic nitrogens is 5. The summed E-state index contributed by atoms with van der Waals surface area (Å²) < 4.78 is 20.4. The van der Waals surface area contributed by atoms with E-state index in [9.17, 15) is 9.18 Å². The lowest BCUT2D eigenvalue weighted by atomic mass is 9.91. The highest BCUT2D eigenvalue weighted by Gasteiger charge is 2.35. The van der Waals surface area contributed by atoms with Crippen molar-refractivity contribution in [3.8, 4) is 22.6 Å². The van der Waals surface area contributed by atoms with Crippen molar-refractivity contribution in [2.24, 2.45) is 0 Å². The number of hydrogen-bond acceptors (Lipinski definition) is 7. The molecule has 1 aliphatic carbocycles. The standard InChI is InChI=1S/C22H24FN7O2/c1-12-7-16(20-26-11-27-29-20)17(23)8-15(12)18-9-24-21-22(28-18)30(19(31)10-25-21)13-3-5-14(32-2)6-4-13/h7-9,11,13-14H,3-6,10H2,1-2H3,(H,24,25)(H,26,27,29)/t13-,14+. The summed E-state index contributed by atoms with van der Waals surface area (Å²) in [6, 6.07) is 3.16. The van der Waals surface area contributed by atoms with Crippen molar-refractivity contribution in [3.63, 3.8) is 0 Å². The predicted molar refractivity (Wildman–Crippen MR) is 117 cm³/mol. The molecule has 0 unspecified atom stereocenters. The van der Waals surface area contributed by atoms with Crippen LogP contribution in [0, 0.1) is 12.7 Å².